The van der Waals surface area contributed by atoms with E-state index < -0.39 is 5.97 Å². The van der Waals surface area contributed by atoms with Crippen LogP contribution in [0, 0.1) is 0 Å². The summed E-state index contributed by atoms with van der Waals surface area (Å²) in [6.45, 7) is 0.317. The van der Waals surface area contributed by atoms with Crippen LogP contribution in [-0.2, 0) is 9.53 Å². The Morgan fingerprint density at radius 3 is 2.88 bits per heavy atom. The second kappa shape index (κ2) is 5.82. The Morgan fingerprint density at radius 1 is 1.50 bits per heavy atom. The molecule has 0 radical (unpaired) electrons. The molecule has 0 aliphatic rings. The van der Waals surface area contributed by atoms with Gasteiger partial charge in [-0.2, -0.15) is 0 Å². The van der Waals surface area contributed by atoms with E-state index in [1.165, 1.54) is 25.6 Å². The molecule has 0 fully saturated rings. The summed E-state index contributed by atoms with van der Waals surface area (Å²) >= 11 is 0. The molecule has 6 heteroatoms. The highest BCUT2D eigenvalue weighted by molar-refractivity contribution is 5.93. The second-order valence-electron chi connectivity index (χ2n) is 3.06. The average Bonchev–Trinajstić information content (AvgIpc) is 2.26. The van der Waals surface area contributed by atoms with Gasteiger partial charge in [-0.05, 0) is 6.07 Å². The Kier molecular flexibility index (Phi) is 4.41. The van der Waals surface area contributed by atoms with E-state index in [0.29, 0.717) is 12.3 Å². The van der Waals surface area contributed by atoms with Gasteiger partial charge in [-0.3, -0.25) is 9.78 Å². The number of anilines is 1. The Balaban J connectivity index is 2.63. The lowest BCUT2D eigenvalue weighted by Gasteiger charge is -2.04. The smallest absolute Gasteiger partial charge is 0.337 e. The largest absolute Gasteiger partial charge is 0.478 e. The number of carboxylic acids is 1. The van der Waals surface area contributed by atoms with Gasteiger partial charge in [-0.15, -0.1) is 0 Å². The summed E-state index contributed by atoms with van der Waals surface area (Å²) in [5.74, 6) is -1.33. The summed E-state index contributed by atoms with van der Waals surface area (Å²) < 4.78 is 4.74. The van der Waals surface area contributed by atoms with Gasteiger partial charge in [0, 0.05) is 13.3 Å². The van der Waals surface area contributed by atoms with E-state index >= 15 is 0 Å². The highest BCUT2D eigenvalue weighted by Crippen LogP contribution is 2.08. The van der Waals surface area contributed by atoms with E-state index in [9.17, 15) is 9.59 Å². The molecule has 0 aliphatic carbocycles. The molecule has 0 spiro atoms. The van der Waals surface area contributed by atoms with E-state index in [1.807, 2.05) is 0 Å². The number of nitrogens with one attached hydrogen (secondary N) is 1. The van der Waals surface area contributed by atoms with Crippen LogP contribution in [0.3, 0.4) is 0 Å². The normalized spacial score (nSPS) is 9.81. The first-order chi connectivity index (χ1) is 7.63. The molecule has 6 nitrogen and oxygen atoms in total. The topological polar surface area (TPSA) is 88.5 Å². The van der Waals surface area contributed by atoms with Crippen LogP contribution in [0.4, 0.5) is 5.69 Å². The van der Waals surface area contributed by atoms with Crippen molar-refractivity contribution in [1.29, 1.82) is 0 Å². The molecule has 0 unspecified atom stereocenters. The Hall–Kier alpha value is -1.95. The van der Waals surface area contributed by atoms with E-state index in [4.69, 9.17) is 9.84 Å². The number of carbonyl (C=O) groups is 2. The zero-order valence-electron chi connectivity index (χ0n) is 8.77. The van der Waals surface area contributed by atoms with Crippen molar-refractivity contribution in [2.24, 2.45) is 0 Å². The van der Waals surface area contributed by atoms with Gasteiger partial charge in [0.15, 0.2) is 0 Å². The van der Waals surface area contributed by atoms with E-state index in [1.54, 1.807) is 0 Å². The zero-order chi connectivity index (χ0) is 12.0. The number of aromatic nitrogens is 1. The Labute approximate surface area is 92.3 Å². The van der Waals surface area contributed by atoms with Crippen LogP contribution in [0.25, 0.3) is 0 Å². The van der Waals surface area contributed by atoms with Crippen molar-refractivity contribution >= 4 is 17.6 Å². The fourth-order valence-electron chi connectivity index (χ4n) is 1.04. The molecule has 1 heterocycles. The molecule has 1 aromatic rings. The van der Waals surface area contributed by atoms with Crippen molar-refractivity contribution in [2.75, 3.05) is 19.0 Å². The number of hydrogen-bond acceptors (Lipinski definition) is 4. The number of amides is 1. The maximum absolute atomic E-state index is 11.3. The van der Waals surface area contributed by atoms with Crippen molar-refractivity contribution in [2.45, 2.75) is 6.42 Å². The summed E-state index contributed by atoms with van der Waals surface area (Å²) in [7, 11) is 1.50. The maximum Gasteiger partial charge on any atom is 0.337 e. The van der Waals surface area contributed by atoms with Gasteiger partial charge in [0.1, 0.15) is 0 Å². The second-order valence-corrected chi connectivity index (χ2v) is 3.06. The average molecular weight is 224 g/mol. The minimum Gasteiger partial charge on any atom is -0.478 e. The molecule has 1 aromatic heterocycles. The molecule has 2 N–H and O–H groups in total. The first-order valence-electron chi connectivity index (χ1n) is 4.60. The maximum atomic E-state index is 11.3. The summed E-state index contributed by atoms with van der Waals surface area (Å²) in [5.41, 5.74) is 0.394. The van der Waals surface area contributed by atoms with Gasteiger partial charge in [-0.1, -0.05) is 0 Å². The molecule has 86 valence electrons. The molecular weight excluding hydrogens is 212 g/mol. The lowest BCUT2D eigenvalue weighted by molar-refractivity contribution is -0.117. The van der Waals surface area contributed by atoms with Gasteiger partial charge >= 0.3 is 5.97 Å². The molecule has 0 bridgehead atoms. The number of nitrogens with zero attached hydrogens (tertiary/aromatic N) is 1. The summed E-state index contributed by atoms with van der Waals surface area (Å²) in [6.07, 6.45) is 2.82. The quantitative estimate of drug-likeness (QED) is 0.770. The van der Waals surface area contributed by atoms with Crippen LogP contribution in [0.5, 0.6) is 0 Å². The van der Waals surface area contributed by atoms with Crippen molar-refractivity contribution < 1.29 is 19.4 Å². The lowest BCUT2D eigenvalue weighted by atomic mass is 10.2. The van der Waals surface area contributed by atoms with Crippen LogP contribution in [-0.4, -0.2) is 35.7 Å². The third kappa shape index (κ3) is 3.66. The van der Waals surface area contributed by atoms with E-state index in [-0.39, 0.29) is 17.9 Å². The molecule has 0 aromatic carbocycles. The highest BCUT2D eigenvalue weighted by Gasteiger charge is 2.06. The van der Waals surface area contributed by atoms with Crippen LogP contribution in [0.15, 0.2) is 18.5 Å². The van der Waals surface area contributed by atoms with Gasteiger partial charge in [0.25, 0.3) is 0 Å². The molecule has 0 saturated carbocycles. The summed E-state index contributed by atoms with van der Waals surface area (Å²) in [4.78, 5) is 25.6. The number of methoxy groups -OCH3 is 1. The van der Waals surface area contributed by atoms with Gasteiger partial charge in [-0.25, -0.2) is 4.79 Å². The van der Waals surface area contributed by atoms with E-state index in [0.717, 1.165) is 0 Å². The number of carbonyl (C=O) groups excluding carboxylic acids is 1. The Bertz CT molecular complexity index is 392. The van der Waals surface area contributed by atoms with Gasteiger partial charge < -0.3 is 15.2 Å². The van der Waals surface area contributed by atoms with Crippen molar-refractivity contribution in [1.82, 2.24) is 4.98 Å². The first-order valence-corrected chi connectivity index (χ1v) is 4.60. The van der Waals surface area contributed by atoms with Gasteiger partial charge in [0.2, 0.25) is 5.91 Å². The zero-order valence-corrected chi connectivity index (χ0v) is 8.77. The first kappa shape index (κ1) is 12.1. The van der Waals surface area contributed by atoms with Crippen LogP contribution < -0.4 is 5.32 Å². The molecule has 16 heavy (non-hydrogen) atoms. The van der Waals surface area contributed by atoms with Crippen LogP contribution in [0.2, 0.25) is 0 Å². The number of aromatic carboxylic acids is 1. The molecular formula is C10H12N2O4. The molecule has 0 aliphatic heterocycles. The van der Waals surface area contributed by atoms with Gasteiger partial charge in [0.05, 0.1) is 30.5 Å². The predicted octanol–water partition coefficient (Wildman–Crippen LogP) is 0.755. The Morgan fingerprint density at radius 2 is 2.25 bits per heavy atom. The molecule has 0 atom stereocenters. The summed E-state index contributed by atoms with van der Waals surface area (Å²) in [6, 6.07) is 1.35. The molecule has 1 rings (SSSR count). The standard InChI is InChI=1S/C10H12N2O4/c1-16-3-2-9(13)12-8-4-7(10(14)15)5-11-6-8/h4-6H,2-3H2,1H3,(H,12,13)(H,14,15). The fourth-order valence-corrected chi connectivity index (χ4v) is 1.04. The van der Waals surface area contributed by atoms with E-state index in [2.05, 4.69) is 10.3 Å². The number of ether oxygens (including phenoxy) is 1. The number of hydrogen-bond donors (Lipinski definition) is 2. The third-order valence-corrected chi connectivity index (χ3v) is 1.80. The lowest BCUT2D eigenvalue weighted by Crippen LogP contribution is -2.14. The van der Waals surface area contributed by atoms with Crippen molar-refractivity contribution in [3.63, 3.8) is 0 Å². The number of pyridine rings is 1. The SMILES string of the molecule is COCCC(=O)Nc1cncc(C(=O)O)c1. The minimum absolute atomic E-state index is 0.0320. The van der Waals surface area contributed by atoms with Crippen LogP contribution >= 0.6 is 0 Å². The predicted molar refractivity (Wildman–Crippen MR) is 56.3 cm³/mol. The van der Waals surface area contributed by atoms with Crippen molar-refractivity contribution in [3.05, 3.63) is 24.0 Å². The van der Waals surface area contributed by atoms with Crippen LogP contribution in [0.1, 0.15) is 16.8 Å². The summed E-state index contributed by atoms with van der Waals surface area (Å²) in [5, 5.41) is 11.2. The monoisotopic (exact) mass is 224 g/mol. The highest BCUT2D eigenvalue weighted by atomic mass is 16.5. The minimum atomic E-state index is -1.08. The molecule has 1 amide bonds. The number of rotatable bonds is 5. The fraction of sp³-hybridized carbons (Fsp3) is 0.300. The van der Waals surface area contributed by atoms with Crippen molar-refractivity contribution in [3.8, 4) is 0 Å². The molecule has 0 saturated heterocycles. The number of carboxylic acid groups (broad SMARTS) is 1. The third-order valence-electron chi connectivity index (χ3n) is 1.80.